The van der Waals surface area contributed by atoms with Crippen LogP contribution in [0.2, 0.25) is 0 Å². The highest BCUT2D eigenvalue weighted by molar-refractivity contribution is 5.89. The van der Waals surface area contributed by atoms with Crippen molar-refractivity contribution in [2.45, 2.75) is 71.8 Å². The van der Waals surface area contributed by atoms with Gasteiger partial charge in [0.05, 0.1) is 26.4 Å². The number of hydrogen-bond acceptors (Lipinski definition) is 8. The number of hydrogen-bond donors (Lipinski definition) is 0. The van der Waals surface area contributed by atoms with Crippen molar-refractivity contribution in [2.75, 3.05) is 20.3 Å². The van der Waals surface area contributed by atoms with Gasteiger partial charge >= 0.3 is 12.1 Å². The summed E-state index contributed by atoms with van der Waals surface area (Å²) >= 11 is 0. The van der Waals surface area contributed by atoms with E-state index in [0.717, 1.165) is 12.8 Å². The average Bonchev–Trinajstić information content (AvgIpc) is 3.00. The number of ether oxygens (including phenoxy) is 4. The van der Waals surface area contributed by atoms with Gasteiger partial charge in [-0.15, -0.1) is 0 Å². The zero-order valence-corrected chi connectivity index (χ0v) is 19.9. The van der Waals surface area contributed by atoms with Crippen LogP contribution in [-0.2, 0) is 14.2 Å². The summed E-state index contributed by atoms with van der Waals surface area (Å²) in [4.78, 5) is 38.9. The Kier molecular flexibility index (Phi) is 8.12. The minimum absolute atomic E-state index is 0.118. The molecule has 1 aromatic rings. The summed E-state index contributed by atoms with van der Waals surface area (Å²) in [6.07, 6.45) is 4.24. The van der Waals surface area contributed by atoms with Gasteiger partial charge in [0.1, 0.15) is 17.1 Å². The van der Waals surface area contributed by atoms with Gasteiger partial charge in [0.15, 0.2) is 0 Å². The fourth-order valence-electron chi connectivity index (χ4n) is 3.11. The predicted molar refractivity (Wildman–Crippen MR) is 118 cm³/mol. The Bertz CT molecular complexity index is 910. The molecule has 1 unspecified atom stereocenters. The third kappa shape index (κ3) is 6.35. The zero-order chi connectivity index (χ0) is 24.1. The second kappa shape index (κ2) is 10.2. The van der Waals surface area contributed by atoms with Crippen molar-refractivity contribution in [3.8, 4) is 5.75 Å². The molecule has 1 aromatic heterocycles. The minimum atomic E-state index is -0.883. The quantitative estimate of drug-likeness (QED) is 0.453. The molecule has 2 rings (SSSR count). The van der Waals surface area contributed by atoms with Crippen LogP contribution in [0.1, 0.15) is 70.7 Å². The van der Waals surface area contributed by atoms with E-state index in [9.17, 15) is 14.4 Å². The van der Waals surface area contributed by atoms with E-state index in [1.807, 2.05) is 6.92 Å². The Labute approximate surface area is 188 Å². The maximum atomic E-state index is 12.7. The molecule has 1 fully saturated rings. The molecule has 0 bridgehead atoms. The molecule has 1 amide bonds. The molecule has 0 N–H and O–H groups in total. The molecular formula is C23H33NO8. The Morgan fingerprint density at radius 1 is 1.31 bits per heavy atom. The molecule has 0 spiro atoms. The topological polar surface area (TPSA) is 105 Å². The first-order chi connectivity index (χ1) is 14.9. The van der Waals surface area contributed by atoms with Gasteiger partial charge in [0, 0.05) is 6.07 Å². The van der Waals surface area contributed by atoms with Crippen molar-refractivity contribution in [3.05, 3.63) is 33.9 Å². The van der Waals surface area contributed by atoms with Crippen molar-refractivity contribution in [1.82, 2.24) is 4.90 Å². The smallest absolute Gasteiger partial charge is 0.413 e. The van der Waals surface area contributed by atoms with E-state index in [1.54, 1.807) is 40.7 Å². The van der Waals surface area contributed by atoms with Crippen LogP contribution < -0.4 is 10.2 Å². The lowest BCUT2D eigenvalue weighted by atomic mass is 10.2. The van der Waals surface area contributed by atoms with Crippen LogP contribution in [0.3, 0.4) is 0 Å². The van der Waals surface area contributed by atoms with E-state index in [-0.39, 0.29) is 30.5 Å². The van der Waals surface area contributed by atoms with Gasteiger partial charge in [-0.1, -0.05) is 19.4 Å². The SMILES string of the molecule is CCCCOc1c(C(=O)OC)oc(/C=C/C2COC(C)(C)N2C(=O)OC(C)(C)C)cc1=O. The molecule has 1 aliphatic heterocycles. The van der Waals surface area contributed by atoms with Gasteiger partial charge in [-0.2, -0.15) is 0 Å². The van der Waals surface area contributed by atoms with Crippen LogP contribution in [0.15, 0.2) is 21.4 Å². The summed E-state index contributed by atoms with van der Waals surface area (Å²) in [6, 6.07) is 0.760. The normalized spacial score (nSPS) is 18.1. The zero-order valence-electron chi connectivity index (χ0n) is 19.9. The van der Waals surface area contributed by atoms with E-state index in [0.29, 0.717) is 0 Å². The van der Waals surface area contributed by atoms with E-state index < -0.39 is 34.9 Å². The van der Waals surface area contributed by atoms with Gasteiger partial charge in [-0.05, 0) is 47.1 Å². The van der Waals surface area contributed by atoms with Crippen LogP contribution in [-0.4, -0.2) is 54.7 Å². The molecular weight excluding hydrogens is 418 g/mol. The molecule has 178 valence electrons. The lowest BCUT2D eigenvalue weighted by Crippen LogP contribution is -2.49. The maximum Gasteiger partial charge on any atom is 0.413 e. The predicted octanol–water partition coefficient (Wildman–Crippen LogP) is 3.99. The number of carbonyl (C=O) groups excluding carboxylic acids is 2. The molecule has 9 nitrogen and oxygen atoms in total. The maximum absolute atomic E-state index is 12.7. The van der Waals surface area contributed by atoms with Crippen molar-refractivity contribution in [3.63, 3.8) is 0 Å². The average molecular weight is 452 g/mol. The molecule has 1 saturated heterocycles. The summed E-state index contributed by atoms with van der Waals surface area (Å²) in [5.74, 6) is -1.18. The molecule has 1 aliphatic rings. The lowest BCUT2D eigenvalue weighted by Gasteiger charge is -2.34. The minimum Gasteiger partial charge on any atom is -0.486 e. The summed E-state index contributed by atoms with van der Waals surface area (Å²) in [6.45, 7) is 11.4. The fourth-order valence-corrected chi connectivity index (χ4v) is 3.11. The molecule has 0 radical (unpaired) electrons. The van der Waals surface area contributed by atoms with E-state index >= 15 is 0 Å². The summed E-state index contributed by atoms with van der Waals surface area (Å²) < 4.78 is 27.1. The van der Waals surface area contributed by atoms with Crippen molar-refractivity contribution in [1.29, 1.82) is 0 Å². The number of carbonyl (C=O) groups is 2. The molecule has 2 heterocycles. The lowest BCUT2D eigenvalue weighted by molar-refractivity contribution is -0.0610. The van der Waals surface area contributed by atoms with Gasteiger partial charge < -0.3 is 23.4 Å². The van der Waals surface area contributed by atoms with Crippen molar-refractivity contribution in [2.24, 2.45) is 0 Å². The molecule has 0 aliphatic carbocycles. The highest BCUT2D eigenvalue weighted by Gasteiger charge is 2.44. The number of amides is 1. The second-order valence-electron chi connectivity index (χ2n) is 8.90. The van der Waals surface area contributed by atoms with Gasteiger partial charge in [0.2, 0.25) is 11.2 Å². The Hall–Kier alpha value is -2.81. The largest absolute Gasteiger partial charge is 0.486 e. The van der Waals surface area contributed by atoms with Crippen molar-refractivity contribution >= 4 is 18.1 Å². The molecule has 9 heteroatoms. The number of nitrogens with zero attached hydrogens (tertiary/aromatic N) is 1. The molecule has 1 atom stereocenters. The number of unbranched alkanes of at least 4 members (excludes halogenated alkanes) is 1. The fraction of sp³-hybridized carbons (Fsp3) is 0.609. The van der Waals surface area contributed by atoms with E-state index in [2.05, 4.69) is 0 Å². The third-order valence-electron chi connectivity index (χ3n) is 4.63. The highest BCUT2D eigenvalue weighted by atomic mass is 16.6. The van der Waals surface area contributed by atoms with Crippen LogP contribution in [0.5, 0.6) is 5.75 Å². The summed E-state index contributed by atoms with van der Waals surface area (Å²) in [5, 5.41) is 0. The number of rotatable bonds is 7. The third-order valence-corrected chi connectivity index (χ3v) is 4.63. The van der Waals surface area contributed by atoms with Crippen molar-refractivity contribution < 1.29 is 33.0 Å². The summed E-state index contributed by atoms with van der Waals surface area (Å²) in [7, 11) is 1.19. The van der Waals surface area contributed by atoms with Crippen LogP contribution in [0, 0.1) is 0 Å². The first-order valence-electron chi connectivity index (χ1n) is 10.6. The Balaban J connectivity index is 2.33. The van der Waals surface area contributed by atoms with Crippen LogP contribution in [0.4, 0.5) is 4.79 Å². The first-order valence-corrected chi connectivity index (χ1v) is 10.6. The number of esters is 1. The second-order valence-corrected chi connectivity index (χ2v) is 8.90. The standard InChI is InChI=1S/C23H33NO8/c1-8-9-12-29-18-17(25)13-16(31-19(18)20(26)28-7)11-10-15-14-30-23(5,6)24(15)21(27)32-22(2,3)4/h10-11,13,15H,8-9,12,14H2,1-7H3/b11-10+. The number of methoxy groups -OCH3 is 1. The first kappa shape index (κ1) is 25.5. The molecule has 0 aromatic carbocycles. The highest BCUT2D eigenvalue weighted by Crippen LogP contribution is 2.30. The Morgan fingerprint density at radius 2 is 2.00 bits per heavy atom. The van der Waals surface area contributed by atoms with Gasteiger partial charge in [0.25, 0.3) is 5.76 Å². The van der Waals surface area contributed by atoms with Gasteiger partial charge in [-0.3, -0.25) is 9.69 Å². The molecule has 0 saturated carbocycles. The van der Waals surface area contributed by atoms with E-state index in [4.69, 9.17) is 23.4 Å². The van der Waals surface area contributed by atoms with Crippen LogP contribution in [0.25, 0.3) is 6.08 Å². The van der Waals surface area contributed by atoms with E-state index in [1.165, 1.54) is 24.2 Å². The molecule has 32 heavy (non-hydrogen) atoms. The summed E-state index contributed by atoms with van der Waals surface area (Å²) in [5.41, 5.74) is -2.05. The van der Waals surface area contributed by atoms with Gasteiger partial charge in [-0.25, -0.2) is 9.59 Å². The van der Waals surface area contributed by atoms with Crippen LogP contribution >= 0.6 is 0 Å². The Morgan fingerprint density at radius 3 is 2.59 bits per heavy atom. The monoisotopic (exact) mass is 451 g/mol.